The van der Waals surface area contributed by atoms with Gasteiger partial charge in [-0.15, -0.1) is 0 Å². The van der Waals surface area contributed by atoms with Gasteiger partial charge in [0.2, 0.25) is 0 Å². The second kappa shape index (κ2) is 5.39. The number of carbonyl (C=O) groups excluding carboxylic acids is 1. The lowest BCUT2D eigenvalue weighted by atomic mass is 10.2. The molecule has 6 heteroatoms. The fourth-order valence-electron chi connectivity index (χ4n) is 1.03. The zero-order valence-corrected chi connectivity index (χ0v) is 10.0. The van der Waals surface area contributed by atoms with Crippen LogP contribution in [0.25, 0.3) is 0 Å². The minimum absolute atomic E-state index is 0.0893. The highest BCUT2D eigenvalue weighted by molar-refractivity contribution is 6.44. The molecule has 1 rings (SSSR count). The Morgan fingerprint density at radius 3 is 2.75 bits per heavy atom. The normalized spacial score (nSPS) is 12.2. The van der Waals surface area contributed by atoms with Gasteiger partial charge in [0.15, 0.2) is 0 Å². The van der Waals surface area contributed by atoms with E-state index in [0.717, 1.165) is 0 Å². The molecule has 0 heterocycles. The Morgan fingerprint density at radius 1 is 1.56 bits per heavy atom. The van der Waals surface area contributed by atoms with Crippen LogP contribution in [0.15, 0.2) is 12.1 Å². The van der Waals surface area contributed by atoms with Crippen LogP contribution < -0.4 is 5.73 Å². The Hall–Kier alpha value is -0.970. The Morgan fingerprint density at radius 2 is 2.19 bits per heavy atom. The van der Waals surface area contributed by atoms with Gasteiger partial charge >= 0.3 is 5.97 Å². The van der Waals surface area contributed by atoms with Gasteiger partial charge in [0.25, 0.3) is 0 Å². The smallest absolute Gasteiger partial charge is 0.339 e. The number of esters is 1. The zero-order valence-electron chi connectivity index (χ0n) is 8.54. The number of halogens is 2. The van der Waals surface area contributed by atoms with Crippen LogP contribution in [0.2, 0.25) is 10.0 Å². The van der Waals surface area contributed by atoms with E-state index in [1.54, 1.807) is 0 Å². The third-order valence-corrected chi connectivity index (χ3v) is 2.53. The Labute approximate surface area is 103 Å². The summed E-state index contributed by atoms with van der Waals surface area (Å²) in [5.41, 5.74) is 5.93. The number of nitrogens with two attached hydrogens (primary N) is 1. The molecule has 3 N–H and O–H groups in total. The number of nitrogen functional groups attached to an aromatic ring is 1. The van der Waals surface area contributed by atoms with E-state index in [1.807, 2.05) is 0 Å². The van der Waals surface area contributed by atoms with Gasteiger partial charge in [-0.3, -0.25) is 0 Å². The van der Waals surface area contributed by atoms with Gasteiger partial charge in [-0.1, -0.05) is 23.2 Å². The average molecular weight is 264 g/mol. The van der Waals surface area contributed by atoms with E-state index in [4.69, 9.17) is 38.8 Å². The van der Waals surface area contributed by atoms with Crippen LogP contribution in [0.5, 0.6) is 0 Å². The molecule has 0 aromatic heterocycles. The monoisotopic (exact) mass is 263 g/mol. The summed E-state index contributed by atoms with van der Waals surface area (Å²) in [6.07, 6.45) is -0.737. The molecule has 0 radical (unpaired) electrons. The van der Waals surface area contributed by atoms with E-state index in [9.17, 15) is 4.79 Å². The molecule has 0 bridgehead atoms. The maximum absolute atomic E-state index is 11.5. The van der Waals surface area contributed by atoms with Crippen molar-refractivity contribution in [3.05, 3.63) is 27.7 Å². The summed E-state index contributed by atoms with van der Waals surface area (Å²) in [6, 6.07) is 2.81. The summed E-state index contributed by atoms with van der Waals surface area (Å²) in [5.74, 6) is -0.667. The first-order valence-corrected chi connectivity index (χ1v) is 5.27. The second-order valence-corrected chi connectivity index (χ2v) is 4.10. The molecular formula is C10H11Cl2NO3. The van der Waals surface area contributed by atoms with Crippen LogP contribution in [0.3, 0.4) is 0 Å². The van der Waals surface area contributed by atoms with E-state index in [-0.39, 0.29) is 22.2 Å². The van der Waals surface area contributed by atoms with Crippen molar-refractivity contribution in [2.75, 3.05) is 12.3 Å². The predicted molar refractivity (Wildman–Crippen MR) is 62.8 cm³/mol. The molecule has 1 aromatic rings. The number of aliphatic hydroxyl groups is 1. The Balaban J connectivity index is 2.91. The molecule has 0 fully saturated rings. The van der Waals surface area contributed by atoms with Crippen molar-refractivity contribution in [1.29, 1.82) is 0 Å². The number of rotatable bonds is 3. The maximum Gasteiger partial charge on any atom is 0.339 e. The maximum atomic E-state index is 11.5. The van der Waals surface area contributed by atoms with Crippen LogP contribution in [0, 0.1) is 0 Å². The molecule has 1 aromatic carbocycles. The molecule has 0 aliphatic heterocycles. The van der Waals surface area contributed by atoms with Crippen molar-refractivity contribution in [3.63, 3.8) is 0 Å². The number of hydrogen-bond acceptors (Lipinski definition) is 4. The Kier molecular flexibility index (Phi) is 4.41. The molecule has 0 saturated heterocycles. The van der Waals surface area contributed by atoms with E-state index >= 15 is 0 Å². The molecule has 4 nitrogen and oxygen atoms in total. The van der Waals surface area contributed by atoms with Crippen LogP contribution in [0.4, 0.5) is 5.69 Å². The van der Waals surface area contributed by atoms with Crippen LogP contribution in [-0.2, 0) is 4.74 Å². The average Bonchev–Trinajstić information content (AvgIpc) is 2.19. The zero-order chi connectivity index (χ0) is 12.3. The Bertz CT molecular complexity index is 407. The fraction of sp³-hybridized carbons (Fsp3) is 0.300. The summed E-state index contributed by atoms with van der Waals surface area (Å²) in [6.45, 7) is 1.39. The molecule has 0 amide bonds. The van der Waals surface area contributed by atoms with Crippen molar-refractivity contribution in [3.8, 4) is 0 Å². The summed E-state index contributed by atoms with van der Waals surface area (Å²) >= 11 is 11.6. The SMILES string of the molecule is CC(O)COC(=O)c1cc(N)cc(Cl)c1Cl. The largest absolute Gasteiger partial charge is 0.459 e. The lowest BCUT2D eigenvalue weighted by Crippen LogP contribution is -2.15. The molecular weight excluding hydrogens is 253 g/mol. The van der Waals surface area contributed by atoms with Gasteiger partial charge in [0.05, 0.1) is 21.7 Å². The van der Waals surface area contributed by atoms with Crippen LogP contribution in [0.1, 0.15) is 17.3 Å². The topological polar surface area (TPSA) is 72.5 Å². The lowest BCUT2D eigenvalue weighted by molar-refractivity contribution is 0.0296. The van der Waals surface area contributed by atoms with Crippen molar-refractivity contribution in [1.82, 2.24) is 0 Å². The molecule has 1 unspecified atom stereocenters. The minimum Gasteiger partial charge on any atom is -0.459 e. The quantitative estimate of drug-likeness (QED) is 0.647. The van der Waals surface area contributed by atoms with Gasteiger partial charge < -0.3 is 15.6 Å². The van der Waals surface area contributed by atoms with Gasteiger partial charge in [-0.2, -0.15) is 0 Å². The number of benzene rings is 1. The first-order valence-electron chi connectivity index (χ1n) is 4.51. The number of ether oxygens (including phenoxy) is 1. The minimum atomic E-state index is -0.737. The van der Waals surface area contributed by atoms with E-state index < -0.39 is 12.1 Å². The summed E-state index contributed by atoms with van der Waals surface area (Å²) in [7, 11) is 0. The predicted octanol–water partition coefficient (Wildman–Crippen LogP) is 2.11. The van der Waals surface area contributed by atoms with Gasteiger partial charge in [0.1, 0.15) is 6.61 Å². The molecule has 0 saturated carbocycles. The van der Waals surface area contributed by atoms with Crippen molar-refractivity contribution >= 4 is 34.9 Å². The molecule has 0 aliphatic rings. The third kappa shape index (κ3) is 3.27. The summed E-state index contributed by atoms with van der Waals surface area (Å²) < 4.78 is 4.79. The van der Waals surface area contributed by atoms with E-state index in [1.165, 1.54) is 19.1 Å². The van der Waals surface area contributed by atoms with Crippen molar-refractivity contribution < 1.29 is 14.6 Å². The third-order valence-electron chi connectivity index (χ3n) is 1.73. The second-order valence-electron chi connectivity index (χ2n) is 3.31. The first-order chi connectivity index (χ1) is 7.41. The molecule has 88 valence electrons. The molecule has 1 atom stereocenters. The number of carbonyl (C=O) groups is 1. The van der Waals surface area contributed by atoms with Gasteiger partial charge in [0, 0.05) is 5.69 Å². The highest BCUT2D eigenvalue weighted by Gasteiger charge is 2.16. The van der Waals surface area contributed by atoms with Gasteiger partial charge in [-0.05, 0) is 19.1 Å². The van der Waals surface area contributed by atoms with Crippen LogP contribution >= 0.6 is 23.2 Å². The van der Waals surface area contributed by atoms with E-state index in [0.29, 0.717) is 5.69 Å². The molecule has 0 aliphatic carbocycles. The fourth-order valence-corrected chi connectivity index (χ4v) is 1.45. The highest BCUT2D eigenvalue weighted by atomic mass is 35.5. The standard InChI is InChI=1S/C10H11Cl2NO3/c1-5(14)4-16-10(15)7-2-6(13)3-8(11)9(7)12/h2-3,5,14H,4,13H2,1H3. The first kappa shape index (κ1) is 13.1. The molecule has 0 spiro atoms. The number of anilines is 1. The summed E-state index contributed by atoms with van der Waals surface area (Å²) in [5, 5.41) is 9.24. The molecule has 16 heavy (non-hydrogen) atoms. The highest BCUT2D eigenvalue weighted by Crippen LogP contribution is 2.29. The summed E-state index contributed by atoms with van der Waals surface area (Å²) in [4.78, 5) is 11.5. The van der Waals surface area contributed by atoms with E-state index in [2.05, 4.69) is 0 Å². The number of hydrogen-bond donors (Lipinski definition) is 2. The van der Waals surface area contributed by atoms with Crippen LogP contribution in [-0.4, -0.2) is 23.8 Å². The lowest BCUT2D eigenvalue weighted by Gasteiger charge is -2.09. The van der Waals surface area contributed by atoms with Gasteiger partial charge in [-0.25, -0.2) is 4.79 Å². The van der Waals surface area contributed by atoms with Crippen molar-refractivity contribution in [2.24, 2.45) is 0 Å². The van der Waals surface area contributed by atoms with Crippen molar-refractivity contribution in [2.45, 2.75) is 13.0 Å². The number of aliphatic hydroxyl groups excluding tert-OH is 1.